The minimum atomic E-state index is -3.86. The van der Waals surface area contributed by atoms with Gasteiger partial charge in [-0.15, -0.1) is 0 Å². The second-order valence-electron chi connectivity index (χ2n) is 7.01. The van der Waals surface area contributed by atoms with Crippen LogP contribution in [0.5, 0.6) is 5.75 Å². The maximum absolute atomic E-state index is 12.8. The third-order valence-electron chi connectivity index (χ3n) is 4.29. The number of nitrogens with one attached hydrogen (secondary N) is 2. The molecule has 0 fully saturated rings. The second-order valence-corrected chi connectivity index (χ2v) is 8.73. The zero-order chi connectivity index (χ0) is 20.6. The molecule has 6 nitrogen and oxygen atoms in total. The van der Waals surface area contributed by atoms with Crippen LogP contribution in [0.25, 0.3) is 0 Å². The molecule has 2 rings (SSSR count). The van der Waals surface area contributed by atoms with E-state index in [4.69, 9.17) is 4.74 Å². The van der Waals surface area contributed by atoms with Crippen LogP contribution in [0.15, 0.2) is 59.5 Å². The van der Waals surface area contributed by atoms with Gasteiger partial charge in [0.05, 0.1) is 12.0 Å². The maximum Gasteiger partial charge on any atom is 0.241 e. The van der Waals surface area contributed by atoms with Gasteiger partial charge in [0.1, 0.15) is 11.8 Å². The number of ether oxygens (including phenoxy) is 1. The van der Waals surface area contributed by atoms with Crippen LogP contribution in [-0.2, 0) is 21.2 Å². The molecule has 0 unspecified atom stereocenters. The van der Waals surface area contributed by atoms with Gasteiger partial charge >= 0.3 is 0 Å². The number of carbonyl (C=O) groups excluding carboxylic acids is 1. The van der Waals surface area contributed by atoms with E-state index in [1.54, 1.807) is 12.1 Å². The summed E-state index contributed by atoms with van der Waals surface area (Å²) in [6, 6.07) is 14.5. The molecular formula is C21H28N2O4S. The monoisotopic (exact) mass is 404 g/mol. The van der Waals surface area contributed by atoms with Crippen molar-refractivity contribution < 1.29 is 17.9 Å². The largest absolute Gasteiger partial charge is 0.497 e. The topological polar surface area (TPSA) is 84.5 Å². The van der Waals surface area contributed by atoms with Crippen molar-refractivity contribution in [1.29, 1.82) is 0 Å². The van der Waals surface area contributed by atoms with E-state index in [2.05, 4.69) is 23.9 Å². The quantitative estimate of drug-likeness (QED) is 0.638. The van der Waals surface area contributed by atoms with Crippen molar-refractivity contribution in [3.8, 4) is 5.75 Å². The Balaban J connectivity index is 2.17. The van der Waals surface area contributed by atoms with Crippen LogP contribution < -0.4 is 14.8 Å². The van der Waals surface area contributed by atoms with Crippen molar-refractivity contribution in [2.45, 2.75) is 37.6 Å². The summed E-state index contributed by atoms with van der Waals surface area (Å²) in [7, 11) is -2.34. The summed E-state index contributed by atoms with van der Waals surface area (Å²) >= 11 is 0. The lowest BCUT2D eigenvalue weighted by Crippen LogP contribution is -2.48. The smallest absolute Gasteiger partial charge is 0.241 e. The van der Waals surface area contributed by atoms with Crippen molar-refractivity contribution in [2.75, 3.05) is 13.7 Å². The first-order valence-corrected chi connectivity index (χ1v) is 10.8. The molecule has 7 heteroatoms. The second kappa shape index (κ2) is 10.2. The van der Waals surface area contributed by atoms with E-state index in [-0.39, 0.29) is 17.2 Å². The van der Waals surface area contributed by atoms with Crippen LogP contribution >= 0.6 is 0 Å². The van der Waals surface area contributed by atoms with Gasteiger partial charge in [-0.05, 0) is 48.6 Å². The van der Waals surface area contributed by atoms with E-state index >= 15 is 0 Å². The fraction of sp³-hybridized carbons (Fsp3) is 0.381. The highest BCUT2D eigenvalue weighted by atomic mass is 32.2. The average Bonchev–Trinajstić information content (AvgIpc) is 2.68. The van der Waals surface area contributed by atoms with Crippen molar-refractivity contribution in [1.82, 2.24) is 10.0 Å². The van der Waals surface area contributed by atoms with Gasteiger partial charge in [-0.1, -0.05) is 44.2 Å². The van der Waals surface area contributed by atoms with E-state index < -0.39 is 16.1 Å². The SMILES string of the molecule is COc1ccc(S(=O)(=O)N[C@@H](Cc2ccccc2)C(=O)NCCC(C)C)cc1. The molecule has 0 saturated carbocycles. The molecule has 0 saturated heterocycles. The molecule has 152 valence electrons. The lowest BCUT2D eigenvalue weighted by molar-refractivity contribution is -0.122. The zero-order valence-electron chi connectivity index (χ0n) is 16.5. The van der Waals surface area contributed by atoms with Crippen LogP contribution in [0, 0.1) is 5.92 Å². The Hall–Kier alpha value is -2.38. The Morgan fingerprint density at radius 3 is 2.25 bits per heavy atom. The number of methoxy groups -OCH3 is 1. The molecule has 2 N–H and O–H groups in total. The first kappa shape index (κ1) is 21.9. The van der Waals surface area contributed by atoms with Crippen LogP contribution in [0.2, 0.25) is 0 Å². The van der Waals surface area contributed by atoms with Crippen LogP contribution in [0.3, 0.4) is 0 Å². The molecule has 2 aromatic carbocycles. The third-order valence-corrected chi connectivity index (χ3v) is 5.77. The molecule has 28 heavy (non-hydrogen) atoms. The number of carbonyl (C=O) groups is 1. The zero-order valence-corrected chi connectivity index (χ0v) is 17.3. The molecule has 0 spiro atoms. The number of sulfonamides is 1. The molecule has 0 heterocycles. The Kier molecular flexibility index (Phi) is 8.02. The molecule has 0 bridgehead atoms. The van der Waals surface area contributed by atoms with Gasteiger partial charge in [-0.2, -0.15) is 4.72 Å². The molecule has 0 aliphatic carbocycles. The van der Waals surface area contributed by atoms with E-state index in [0.29, 0.717) is 18.2 Å². The summed E-state index contributed by atoms with van der Waals surface area (Å²) in [5, 5.41) is 2.84. The van der Waals surface area contributed by atoms with Gasteiger partial charge in [-0.3, -0.25) is 4.79 Å². The molecule has 1 atom stereocenters. The summed E-state index contributed by atoms with van der Waals surface area (Å²) in [6.07, 6.45) is 1.10. The molecule has 2 aromatic rings. The van der Waals surface area contributed by atoms with E-state index in [1.807, 2.05) is 30.3 Å². The lowest BCUT2D eigenvalue weighted by atomic mass is 10.1. The summed E-state index contributed by atoms with van der Waals surface area (Å²) in [4.78, 5) is 12.8. The first-order valence-electron chi connectivity index (χ1n) is 9.30. The van der Waals surface area contributed by atoms with E-state index in [9.17, 15) is 13.2 Å². The highest BCUT2D eigenvalue weighted by Crippen LogP contribution is 2.16. The molecular weight excluding hydrogens is 376 g/mol. The minimum Gasteiger partial charge on any atom is -0.497 e. The van der Waals surface area contributed by atoms with Gasteiger partial charge in [0.25, 0.3) is 0 Å². The molecule has 1 amide bonds. The average molecular weight is 405 g/mol. The summed E-state index contributed by atoms with van der Waals surface area (Å²) in [6.45, 7) is 4.64. The van der Waals surface area contributed by atoms with Gasteiger partial charge in [0.2, 0.25) is 15.9 Å². The molecule has 0 aliphatic heterocycles. The number of amides is 1. The fourth-order valence-electron chi connectivity index (χ4n) is 2.66. The van der Waals surface area contributed by atoms with Gasteiger partial charge in [0, 0.05) is 6.54 Å². The highest BCUT2D eigenvalue weighted by Gasteiger charge is 2.26. The molecule has 0 aromatic heterocycles. The Morgan fingerprint density at radius 2 is 1.68 bits per heavy atom. The van der Waals surface area contributed by atoms with Crippen LogP contribution in [0.1, 0.15) is 25.8 Å². The maximum atomic E-state index is 12.8. The van der Waals surface area contributed by atoms with Gasteiger partial charge in [-0.25, -0.2) is 8.42 Å². The van der Waals surface area contributed by atoms with Crippen molar-refractivity contribution >= 4 is 15.9 Å². The normalized spacial score (nSPS) is 12.6. The minimum absolute atomic E-state index is 0.0846. The first-order chi connectivity index (χ1) is 13.3. The lowest BCUT2D eigenvalue weighted by Gasteiger charge is -2.19. The summed E-state index contributed by atoms with van der Waals surface area (Å²) in [5.41, 5.74) is 0.879. The van der Waals surface area contributed by atoms with Gasteiger partial charge < -0.3 is 10.1 Å². The highest BCUT2D eigenvalue weighted by molar-refractivity contribution is 7.89. The fourth-order valence-corrected chi connectivity index (χ4v) is 3.85. The number of hydrogen-bond donors (Lipinski definition) is 2. The number of benzene rings is 2. The predicted molar refractivity (Wildman–Crippen MR) is 110 cm³/mol. The summed E-state index contributed by atoms with van der Waals surface area (Å²) in [5.74, 6) is 0.677. The third kappa shape index (κ3) is 6.65. The number of hydrogen-bond acceptors (Lipinski definition) is 4. The van der Waals surface area contributed by atoms with Crippen LogP contribution in [0.4, 0.5) is 0 Å². The van der Waals surface area contributed by atoms with Crippen molar-refractivity contribution in [3.63, 3.8) is 0 Å². The summed E-state index contributed by atoms with van der Waals surface area (Å²) < 4.78 is 33.2. The number of rotatable bonds is 10. The van der Waals surface area contributed by atoms with E-state index in [1.165, 1.54) is 19.2 Å². The molecule has 0 aliphatic rings. The Bertz CT molecular complexity index is 850. The van der Waals surface area contributed by atoms with Crippen molar-refractivity contribution in [2.24, 2.45) is 5.92 Å². The Labute approximate surface area is 167 Å². The predicted octanol–water partition coefficient (Wildman–Crippen LogP) is 2.75. The van der Waals surface area contributed by atoms with E-state index in [0.717, 1.165) is 12.0 Å². The molecule has 0 radical (unpaired) electrons. The standard InChI is InChI=1S/C21H28N2O4S/c1-16(2)13-14-22-21(24)20(15-17-7-5-4-6-8-17)23-28(25,26)19-11-9-18(27-3)10-12-19/h4-12,16,20,23H,13-15H2,1-3H3,(H,22,24)/t20-/m0/s1. The van der Waals surface area contributed by atoms with Gasteiger partial charge in [0.15, 0.2) is 0 Å². The van der Waals surface area contributed by atoms with Crippen LogP contribution in [-0.4, -0.2) is 34.0 Å². The Morgan fingerprint density at radius 1 is 1.04 bits per heavy atom. The van der Waals surface area contributed by atoms with Crippen molar-refractivity contribution in [3.05, 3.63) is 60.2 Å².